The molecule has 2 aliphatic carbocycles. The van der Waals surface area contributed by atoms with Crippen LogP contribution in [0.25, 0.3) is 0 Å². The lowest BCUT2D eigenvalue weighted by Crippen LogP contribution is -2.26. The Kier molecular flexibility index (Phi) is 2.69. The second kappa shape index (κ2) is 4.23. The largest absolute Gasteiger partial charge is 0.478 e. The fraction of sp³-hybridized carbons (Fsp3) is 0.538. The lowest BCUT2D eigenvalue weighted by molar-refractivity contribution is 0.0692. The Balaban J connectivity index is 1.82. The lowest BCUT2D eigenvalue weighted by atomic mass is 10.1. The zero-order valence-corrected chi connectivity index (χ0v) is 9.90. The number of halogens is 1. The Hall–Kier alpha value is -1.65. The summed E-state index contributed by atoms with van der Waals surface area (Å²) in [5, 5.41) is 12.0. The van der Waals surface area contributed by atoms with Gasteiger partial charge >= 0.3 is 5.97 Å². The van der Waals surface area contributed by atoms with Crippen molar-refractivity contribution in [2.45, 2.75) is 31.7 Å². The van der Waals surface area contributed by atoms with E-state index in [4.69, 9.17) is 5.11 Å². The van der Waals surface area contributed by atoms with Gasteiger partial charge in [0, 0.05) is 12.2 Å². The maximum absolute atomic E-state index is 13.9. The quantitative estimate of drug-likeness (QED) is 0.843. The fourth-order valence-corrected chi connectivity index (χ4v) is 2.40. The van der Waals surface area contributed by atoms with Crippen molar-refractivity contribution in [2.75, 3.05) is 5.32 Å². The van der Waals surface area contributed by atoms with Gasteiger partial charge in [0.1, 0.15) is 5.56 Å². The van der Waals surface area contributed by atoms with Gasteiger partial charge in [-0.15, -0.1) is 0 Å². The van der Waals surface area contributed by atoms with E-state index in [-0.39, 0.29) is 17.4 Å². The molecule has 0 spiro atoms. The highest BCUT2D eigenvalue weighted by molar-refractivity contribution is 5.88. The molecule has 0 atom stereocenters. The van der Waals surface area contributed by atoms with Gasteiger partial charge in [0.25, 0.3) is 0 Å². The third kappa shape index (κ3) is 2.17. The molecule has 0 unspecified atom stereocenters. The van der Waals surface area contributed by atoms with Gasteiger partial charge in [0.05, 0.1) is 0 Å². The van der Waals surface area contributed by atoms with Crippen molar-refractivity contribution >= 4 is 11.8 Å². The number of pyridine rings is 1. The van der Waals surface area contributed by atoms with E-state index in [0.29, 0.717) is 11.8 Å². The van der Waals surface area contributed by atoms with Crippen LogP contribution in [-0.2, 0) is 0 Å². The molecule has 96 valence electrons. The van der Waals surface area contributed by atoms with Crippen LogP contribution < -0.4 is 5.32 Å². The molecule has 0 amide bonds. The number of aromatic nitrogens is 1. The highest BCUT2D eigenvalue weighted by Crippen LogP contribution is 2.45. The average molecular weight is 250 g/mol. The first-order valence-electron chi connectivity index (χ1n) is 6.31. The average Bonchev–Trinajstić information content (AvgIpc) is 3.20. The number of nitrogens with one attached hydrogen (secondary N) is 1. The van der Waals surface area contributed by atoms with Crippen LogP contribution in [0.1, 0.15) is 36.0 Å². The first-order valence-corrected chi connectivity index (χ1v) is 6.31. The molecule has 3 rings (SSSR count). The summed E-state index contributed by atoms with van der Waals surface area (Å²) < 4.78 is 13.9. The summed E-state index contributed by atoms with van der Waals surface area (Å²) in [5.41, 5.74) is -0.321. The minimum Gasteiger partial charge on any atom is -0.478 e. The van der Waals surface area contributed by atoms with Gasteiger partial charge in [-0.05, 0) is 43.6 Å². The predicted molar refractivity (Wildman–Crippen MR) is 64.0 cm³/mol. The molecular weight excluding hydrogens is 235 g/mol. The number of carbonyl (C=O) groups is 1. The number of aromatic carboxylic acids is 1. The Morgan fingerprint density at radius 1 is 1.39 bits per heavy atom. The maximum Gasteiger partial charge on any atom is 0.338 e. The van der Waals surface area contributed by atoms with E-state index in [9.17, 15) is 9.18 Å². The van der Waals surface area contributed by atoms with Crippen LogP contribution in [0, 0.1) is 17.7 Å². The molecular formula is C13H15FN2O2. The second-order valence-electron chi connectivity index (χ2n) is 5.17. The Labute approximate surface area is 104 Å². The molecule has 2 fully saturated rings. The van der Waals surface area contributed by atoms with Gasteiger partial charge in [-0.2, -0.15) is 0 Å². The fourth-order valence-electron chi connectivity index (χ4n) is 2.40. The first kappa shape index (κ1) is 11.4. The molecule has 5 heteroatoms. The SMILES string of the molecule is O=C(O)c1ccnc(NC(C2CC2)C2CC2)c1F. The van der Waals surface area contributed by atoms with Crippen molar-refractivity contribution < 1.29 is 14.3 Å². The summed E-state index contributed by atoms with van der Waals surface area (Å²) in [6.45, 7) is 0. The molecule has 0 bridgehead atoms. The van der Waals surface area contributed by atoms with E-state index in [1.54, 1.807) is 0 Å². The van der Waals surface area contributed by atoms with Gasteiger partial charge in [0.2, 0.25) is 0 Å². The van der Waals surface area contributed by atoms with Gasteiger partial charge in [-0.1, -0.05) is 0 Å². The van der Waals surface area contributed by atoms with Crippen molar-refractivity contribution in [3.8, 4) is 0 Å². The second-order valence-corrected chi connectivity index (χ2v) is 5.17. The molecule has 0 radical (unpaired) electrons. The van der Waals surface area contributed by atoms with Crippen molar-refractivity contribution in [3.63, 3.8) is 0 Å². The van der Waals surface area contributed by atoms with E-state index in [2.05, 4.69) is 10.3 Å². The number of rotatable bonds is 5. The van der Waals surface area contributed by atoms with E-state index < -0.39 is 11.8 Å². The predicted octanol–water partition coefficient (Wildman–Crippen LogP) is 2.52. The molecule has 18 heavy (non-hydrogen) atoms. The third-order valence-corrected chi connectivity index (χ3v) is 3.68. The zero-order valence-electron chi connectivity index (χ0n) is 9.90. The molecule has 2 saturated carbocycles. The van der Waals surface area contributed by atoms with Crippen molar-refractivity contribution in [2.24, 2.45) is 11.8 Å². The highest BCUT2D eigenvalue weighted by Gasteiger charge is 2.42. The molecule has 2 N–H and O–H groups in total. The highest BCUT2D eigenvalue weighted by atomic mass is 19.1. The van der Waals surface area contributed by atoms with Gasteiger partial charge in [-0.25, -0.2) is 14.2 Å². The van der Waals surface area contributed by atoms with Crippen molar-refractivity contribution in [3.05, 3.63) is 23.6 Å². The number of carboxylic acids is 1. The smallest absolute Gasteiger partial charge is 0.338 e. The van der Waals surface area contributed by atoms with Crippen LogP contribution in [0.3, 0.4) is 0 Å². The number of nitrogens with zero attached hydrogens (tertiary/aromatic N) is 1. The summed E-state index contributed by atoms with van der Waals surface area (Å²) in [4.78, 5) is 14.8. The van der Waals surface area contributed by atoms with Crippen LogP contribution in [0.5, 0.6) is 0 Å². The Morgan fingerprint density at radius 3 is 2.50 bits per heavy atom. The first-order chi connectivity index (χ1) is 8.66. The van der Waals surface area contributed by atoms with Crippen molar-refractivity contribution in [1.29, 1.82) is 0 Å². The maximum atomic E-state index is 13.9. The molecule has 1 aromatic heterocycles. The van der Waals surface area contributed by atoms with Gasteiger partial charge < -0.3 is 10.4 Å². The topological polar surface area (TPSA) is 62.2 Å². The zero-order chi connectivity index (χ0) is 12.7. The van der Waals surface area contributed by atoms with E-state index in [1.807, 2.05) is 0 Å². The minimum absolute atomic E-state index is 0.0821. The molecule has 2 aliphatic rings. The molecule has 4 nitrogen and oxygen atoms in total. The number of hydrogen-bond acceptors (Lipinski definition) is 3. The van der Waals surface area contributed by atoms with Gasteiger partial charge in [0.15, 0.2) is 11.6 Å². The van der Waals surface area contributed by atoms with Crippen LogP contribution >= 0.6 is 0 Å². The number of anilines is 1. The number of hydrogen-bond donors (Lipinski definition) is 2. The summed E-state index contributed by atoms with van der Waals surface area (Å²) in [5.74, 6) is -0.721. The lowest BCUT2D eigenvalue weighted by Gasteiger charge is -2.18. The normalized spacial score (nSPS) is 19.0. The molecule has 0 aromatic carbocycles. The third-order valence-electron chi connectivity index (χ3n) is 3.68. The van der Waals surface area contributed by atoms with E-state index in [1.165, 1.54) is 37.9 Å². The summed E-state index contributed by atoms with van der Waals surface area (Å²) in [7, 11) is 0. The standard InChI is InChI=1S/C13H15FN2O2/c14-10-9(13(17)18)5-6-15-12(10)16-11(7-1-2-7)8-3-4-8/h5-8,11H,1-4H2,(H,15,16)(H,17,18). The molecule has 1 heterocycles. The van der Waals surface area contributed by atoms with Crippen LogP contribution in [0.4, 0.5) is 10.2 Å². The van der Waals surface area contributed by atoms with Gasteiger partial charge in [-0.3, -0.25) is 0 Å². The van der Waals surface area contributed by atoms with Crippen molar-refractivity contribution in [1.82, 2.24) is 4.98 Å². The van der Waals surface area contributed by atoms with Crippen LogP contribution in [0.15, 0.2) is 12.3 Å². The van der Waals surface area contributed by atoms with E-state index in [0.717, 1.165) is 0 Å². The van der Waals surface area contributed by atoms with E-state index >= 15 is 0 Å². The molecule has 0 aliphatic heterocycles. The monoisotopic (exact) mass is 250 g/mol. The molecule has 1 aromatic rings. The Bertz CT molecular complexity index is 472. The molecule has 0 saturated heterocycles. The Morgan fingerprint density at radius 2 is 2.00 bits per heavy atom. The van der Waals surface area contributed by atoms with Crippen LogP contribution in [-0.4, -0.2) is 22.1 Å². The number of carboxylic acid groups (broad SMARTS) is 1. The minimum atomic E-state index is -1.26. The summed E-state index contributed by atoms with van der Waals surface area (Å²) in [6, 6.07) is 1.45. The summed E-state index contributed by atoms with van der Waals surface area (Å²) in [6.07, 6.45) is 6.04. The van der Waals surface area contributed by atoms with Crippen LogP contribution in [0.2, 0.25) is 0 Å². The summed E-state index contributed by atoms with van der Waals surface area (Å²) >= 11 is 0.